The Morgan fingerprint density at radius 3 is 2.41 bits per heavy atom. The van der Waals surface area contributed by atoms with Gasteiger partial charge in [0.1, 0.15) is 10.7 Å². The van der Waals surface area contributed by atoms with Gasteiger partial charge in [-0.1, -0.05) is 12.1 Å². The van der Waals surface area contributed by atoms with Gasteiger partial charge in [0, 0.05) is 26.2 Å². The van der Waals surface area contributed by atoms with Crippen LogP contribution in [0.2, 0.25) is 0 Å². The molecule has 1 heterocycles. The number of esters is 1. The quantitative estimate of drug-likeness (QED) is 0.678. The standard InChI is InChI=1S/C18H25FN2O5S/c1-13(2)20(3)17(22)12-26-18(23)14-8-10-21(11-9-14)27(24,25)16-7-5-4-6-15(16)19/h4-7,13-14H,8-12H2,1-3H3. The predicted molar refractivity (Wildman–Crippen MR) is 96.7 cm³/mol. The van der Waals surface area contributed by atoms with Gasteiger partial charge in [-0.25, -0.2) is 12.8 Å². The molecule has 1 aliphatic rings. The van der Waals surface area contributed by atoms with Crippen LogP contribution in [0.5, 0.6) is 0 Å². The summed E-state index contributed by atoms with van der Waals surface area (Å²) in [5.74, 6) is -2.08. The molecule has 1 fully saturated rings. The zero-order valence-corrected chi connectivity index (χ0v) is 16.5. The number of amides is 1. The topological polar surface area (TPSA) is 84.0 Å². The van der Waals surface area contributed by atoms with Crippen LogP contribution >= 0.6 is 0 Å². The molecule has 0 N–H and O–H groups in total. The number of piperidine rings is 1. The van der Waals surface area contributed by atoms with Crippen LogP contribution in [-0.2, 0) is 24.3 Å². The average Bonchev–Trinajstić information content (AvgIpc) is 2.65. The highest BCUT2D eigenvalue weighted by Gasteiger charge is 2.34. The lowest BCUT2D eigenvalue weighted by Crippen LogP contribution is -2.41. The molecule has 2 rings (SSSR count). The molecule has 1 aromatic rings. The Morgan fingerprint density at radius 1 is 1.26 bits per heavy atom. The van der Waals surface area contributed by atoms with Gasteiger partial charge in [-0.05, 0) is 38.8 Å². The molecule has 0 radical (unpaired) electrons. The fourth-order valence-electron chi connectivity index (χ4n) is 2.77. The number of nitrogens with zero attached hydrogens (tertiary/aromatic N) is 2. The van der Waals surface area contributed by atoms with Crippen LogP contribution < -0.4 is 0 Å². The Morgan fingerprint density at radius 2 is 1.85 bits per heavy atom. The molecule has 0 atom stereocenters. The van der Waals surface area contributed by atoms with Crippen molar-refractivity contribution in [2.24, 2.45) is 5.92 Å². The van der Waals surface area contributed by atoms with Crippen molar-refractivity contribution in [2.45, 2.75) is 37.6 Å². The fraction of sp³-hybridized carbons (Fsp3) is 0.556. The second-order valence-electron chi connectivity index (χ2n) is 6.81. The zero-order valence-electron chi connectivity index (χ0n) is 15.7. The molecular weight excluding hydrogens is 375 g/mol. The Bertz CT molecular complexity index is 789. The van der Waals surface area contributed by atoms with Crippen LogP contribution in [-0.4, -0.2) is 62.3 Å². The van der Waals surface area contributed by atoms with Gasteiger partial charge in [0.05, 0.1) is 5.92 Å². The minimum Gasteiger partial charge on any atom is -0.455 e. The summed E-state index contributed by atoms with van der Waals surface area (Å²) in [5.41, 5.74) is 0. The van der Waals surface area contributed by atoms with Gasteiger partial charge in [0.15, 0.2) is 6.61 Å². The van der Waals surface area contributed by atoms with Crippen molar-refractivity contribution in [1.82, 2.24) is 9.21 Å². The summed E-state index contributed by atoms with van der Waals surface area (Å²) in [6.07, 6.45) is 0.529. The van der Waals surface area contributed by atoms with Crippen LogP contribution in [0.15, 0.2) is 29.2 Å². The van der Waals surface area contributed by atoms with Crippen molar-refractivity contribution in [3.05, 3.63) is 30.1 Å². The number of hydrogen-bond donors (Lipinski definition) is 0. The molecule has 0 spiro atoms. The van der Waals surface area contributed by atoms with Crippen LogP contribution in [0.25, 0.3) is 0 Å². The number of rotatable bonds is 6. The highest BCUT2D eigenvalue weighted by molar-refractivity contribution is 7.89. The minimum absolute atomic E-state index is 0.00281. The number of carbonyl (C=O) groups is 2. The molecule has 0 aliphatic carbocycles. The lowest BCUT2D eigenvalue weighted by molar-refractivity contribution is -0.156. The van der Waals surface area contributed by atoms with E-state index in [9.17, 15) is 22.4 Å². The molecule has 1 aliphatic heterocycles. The molecule has 0 bridgehead atoms. The number of hydrogen-bond acceptors (Lipinski definition) is 5. The maximum absolute atomic E-state index is 13.8. The molecule has 150 valence electrons. The van der Waals surface area contributed by atoms with Gasteiger partial charge in [0.25, 0.3) is 5.91 Å². The number of likely N-dealkylation sites (N-methyl/N-ethyl adjacent to an activating group) is 1. The first-order valence-corrected chi connectivity index (χ1v) is 10.3. The molecule has 27 heavy (non-hydrogen) atoms. The molecule has 0 aromatic heterocycles. The van der Waals surface area contributed by atoms with Crippen LogP contribution in [0, 0.1) is 11.7 Å². The third-order valence-corrected chi connectivity index (χ3v) is 6.68. The fourth-order valence-corrected chi connectivity index (χ4v) is 4.30. The summed E-state index contributed by atoms with van der Waals surface area (Å²) < 4.78 is 45.2. The Balaban J connectivity index is 1.90. The molecule has 9 heteroatoms. The van der Waals surface area contributed by atoms with E-state index >= 15 is 0 Å². The highest BCUT2D eigenvalue weighted by atomic mass is 32.2. The van der Waals surface area contributed by atoms with E-state index in [1.165, 1.54) is 27.4 Å². The molecular formula is C18H25FN2O5S. The summed E-state index contributed by atoms with van der Waals surface area (Å²) in [6.45, 7) is 3.56. The first kappa shape index (κ1) is 21.3. The van der Waals surface area contributed by atoms with Crippen molar-refractivity contribution in [3.63, 3.8) is 0 Å². The van der Waals surface area contributed by atoms with Gasteiger partial charge in [0.2, 0.25) is 10.0 Å². The average molecular weight is 400 g/mol. The van der Waals surface area contributed by atoms with E-state index in [-0.39, 0.29) is 49.4 Å². The summed E-state index contributed by atoms with van der Waals surface area (Å²) in [4.78, 5) is 25.1. The second kappa shape index (κ2) is 8.79. The molecule has 7 nitrogen and oxygen atoms in total. The number of carbonyl (C=O) groups excluding carboxylic acids is 2. The van der Waals surface area contributed by atoms with Crippen molar-refractivity contribution in [2.75, 3.05) is 26.7 Å². The van der Waals surface area contributed by atoms with Gasteiger partial charge < -0.3 is 9.64 Å². The van der Waals surface area contributed by atoms with Gasteiger partial charge in [-0.3, -0.25) is 9.59 Å². The smallest absolute Gasteiger partial charge is 0.309 e. The third kappa shape index (κ3) is 5.04. The Kier molecular flexibility index (Phi) is 6.94. The monoisotopic (exact) mass is 400 g/mol. The van der Waals surface area contributed by atoms with E-state index in [0.29, 0.717) is 0 Å². The molecule has 1 saturated heterocycles. The summed E-state index contributed by atoms with van der Waals surface area (Å²) in [5, 5.41) is 0. The minimum atomic E-state index is -3.94. The van der Waals surface area contributed by atoms with Crippen molar-refractivity contribution >= 4 is 21.9 Å². The zero-order chi connectivity index (χ0) is 20.2. The van der Waals surface area contributed by atoms with Crippen molar-refractivity contribution in [3.8, 4) is 0 Å². The summed E-state index contributed by atoms with van der Waals surface area (Å²) in [7, 11) is -2.31. The van der Waals surface area contributed by atoms with Crippen LogP contribution in [0.1, 0.15) is 26.7 Å². The van der Waals surface area contributed by atoms with Gasteiger partial charge >= 0.3 is 5.97 Å². The first-order chi connectivity index (χ1) is 12.6. The van der Waals surface area contributed by atoms with Crippen LogP contribution in [0.3, 0.4) is 0 Å². The largest absolute Gasteiger partial charge is 0.455 e. The SMILES string of the molecule is CC(C)N(C)C(=O)COC(=O)C1CCN(S(=O)(=O)c2ccccc2F)CC1. The number of benzene rings is 1. The third-order valence-electron chi connectivity index (χ3n) is 4.75. The van der Waals surface area contributed by atoms with E-state index in [1.807, 2.05) is 13.8 Å². The first-order valence-electron chi connectivity index (χ1n) is 8.81. The normalized spacial score (nSPS) is 16.3. The Labute approximate surface area is 159 Å². The maximum atomic E-state index is 13.8. The van der Waals surface area contributed by atoms with Crippen molar-refractivity contribution in [1.29, 1.82) is 0 Å². The molecule has 0 saturated carbocycles. The molecule has 1 amide bonds. The predicted octanol–water partition coefficient (Wildman–Crippen LogP) is 1.64. The summed E-state index contributed by atoms with van der Waals surface area (Å²) in [6, 6.07) is 5.22. The van der Waals surface area contributed by atoms with E-state index in [2.05, 4.69) is 0 Å². The maximum Gasteiger partial charge on any atom is 0.309 e. The molecule has 0 unspecified atom stereocenters. The second-order valence-corrected chi connectivity index (χ2v) is 8.72. The van der Waals surface area contributed by atoms with Gasteiger partial charge in [-0.2, -0.15) is 4.31 Å². The highest BCUT2D eigenvalue weighted by Crippen LogP contribution is 2.25. The van der Waals surface area contributed by atoms with E-state index < -0.39 is 27.7 Å². The lowest BCUT2D eigenvalue weighted by atomic mass is 9.98. The summed E-state index contributed by atoms with van der Waals surface area (Å²) >= 11 is 0. The van der Waals surface area contributed by atoms with Crippen LogP contribution in [0.4, 0.5) is 4.39 Å². The van der Waals surface area contributed by atoms with E-state index in [0.717, 1.165) is 6.07 Å². The Hall–Kier alpha value is -2.00. The number of halogens is 1. The number of ether oxygens (including phenoxy) is 1. The lowest BCUT2D eigenvalue weighted by Gasteiger charge is -2.30. The number of sulfonamides is 1. The molecule has 1 aromatic carbocycles. The van der Waals surface area contributed by atoms with Gasteiger partial charge in [-0.15, -0.1) is 0 Å². The van der Waals surface area contributed by atoms with Crippen molar-refractivity contribution < 1.29 is 27.1 Å². The van der Waals surface area contributed by atoms with E-state index in [1.54, 1.807) is 7.05 Å². The van der Waals surface area contributed by atoms with E-state index in [4.69, 9.17) is 4.74 Å².